The van der Waals surface area contributed by atoms with Crippen LogP contribution >= 0.6 is 0 Å². The van der Waals surface area contributed by atoms with Crippen LogP contribution in [-0.4, -0.2) is 71.5 Å². The van der Waals surface area contributed by atoms with Crippen LogP contribution in [-0.2, 0) is 34.0 Å². The average Bonchev–Trinajstić information content (AvgIpc) is 3.50. The van der Waals surface area contributed by atoms with Crippen LogP contribution in [0.25, 0.3) is 0 Å². The summed E-state index contributed by atoms with van der Waals surface area (Å²) in [5.74, 6) is -4.31. The third-order valence-corrected chi connectivity index (χ3v) is 8.57. The first kappa shape index (κ1) is 33.8. The molecule has 0 saturated heterocycles. The van der Waals surface area contributed by atoms with Gasteiger partial charge in [-0.2, -0.15) is 0 Å². The summed E-state index contributed by atoms with van der Waals surface area (Å²) in [6, 6.07) is 8.16. The van der Waals surface area contributed by atoms with Gasteiger partial charge in [-0.1, -0.05) is 44.5 Å². The second kappa shape index (κ2) is 16.2. The van der Waals surface area contributed by atoms with Crippen molar-refractivity contribution in [3.63, 3.8) is 0 Å². The number of halogens is 2. The van der Waals surface area contributed by atoms with E-state index in [1.807, 2.05) is 38.1 Å². The lowest BCUT2D eigenvalue weighted by atomic mass is 10.00. The van der Waals surface area contributed by atoms with Crippen molar-refractivity contribution in [3.05, 3.63) is 89.0 Å². The molecule has 0 aliphatic carbocycles. The van der Waals surface area contributed by atoms with Crippen molar-refractivity contribution in [2.75, 3.05) is 18.1 Å². The molecular formula is C30H39F2N5O5S. The van der Waals surface area contributed by atoms with Gasteiger partial charge in [0.2, 0.25) is 5.91 Å². The summed E-state index contributed by atoms with van der Waals surface area (Å²) >= 11 is 0. The van der Waals surface area contributed by atoms with Crippen LogP contribution in [0.5, 0.6) is 0 Å². The maximum absolute atomic E-state index is 14.0. The Morgan fingerprint density at radius 3 is 2.40 bits per heavy atom. The Balaban J connectivity index is 1.80. The second-order valence-electron chi connectivity index (χ2n) is 10.4. The fourth-order valence-corrected chi connectivity index (χ4v) is 6.15. The van der Waals surface area contributed by atoms with Gasteiger partial charge in [0.1, 0.15) is 17.7 Å². The number of aliphatic hydroxyl groups is 1. The number of aliphatic hydroxyl groups excluding tert-OH is 1. The minimum atomic E-state index is -3.76. The zero-order chi connectivity index (χ0) is 31.4. The van der Waals surface area contributed by atoms with Crippen molar-refractivity contribution in [2.45, 2.75) is 64.3 Å². The highest BCUT2D eigenvalue weighted by atomic mass is 32.2. The topological polar surface area (TPSA) is 153 Å². The van der Waals surface area contributed by atoms with Gasteiger partial charge in [0, 0.05) is 31.5 Å². The van der Waals surface area contributed by atoms with E-state index < -0.39 is 57.2 Å². The first-order valence-corrected chi connectivity index (χ1v) is 16.0. The van der Waals surface area contributed by atoms with Crippen LogP contribution in [0.3, 0.4) is 0 Å². The summed E-state index contributed by atoms with van der Waals surface area (Å²) in [4.78, 5) is 32.6. The predicted molar refractivity (Wildman–Crippen MR) is 159 cm³/mol. The van der Waals surface area contributed by atoms with Gasteiger partial charge < -0.3 is 26.0 Å². The molecular weight excluding hydrogens is 580 g/mol. The van der Waals surface area contributed by atoms with Gasteiger partial charge in [-0.25, -0.2) is 22.2 Å². The molecule has 3 rings (SSSR count). The molecule has 0 unspecified atom stereocenters. The molecule has 2 amide bonds. The second-order valence-corrected chi connectivity index (χ2v) is 12.6. The molecule has 0 bridgehead atoms. The Kier molecular flexibility index (Phi) is 12.8. The number of nitrogens with zero attached hydrogens (tertiary/aromatic N) is 1. The molecule has 0 radical (unpaired) electrons. The van der Waals surface area contributed by atoms with E-state index in [-0.39, 0.29) is 30.1 Å². The Hall–Kier alpha value is -3.68. The standard InChI is InChI=1S/C30H39F2N5O5S/c1-3-5-11-43(41,42)19-26(37-30(40)28-34-9-10-35-28)29(39)36-25(15-22-13-23(31)16-24(32)14-22)27(38)18-33-17-21-8-6-7-20(4-2)12-21/h6-10,12-14,16,25-27,33,38H,3-5,11,15,17-19H2,1-2H3,(H,34,35)(H,36,39)(H,37,40)/t25-,26+,27+/m0/s1. The third kappa shape index (κ3) is 11.2. The number of amides is 2. The minimum absolute atomic E-state index is 0.00266. The molecule has 1 heterocycles. The molecule has 3 atom stereocenters. The van der Waals surface area contributed by atoms with Crippen LogP contribution in [0.1, 0.15) is 54.0 Å². The summed E-state index contributed by atoms with van der Waals surface area (Å²) in [5, 5.41) is 19.3. The van der Waals surface area contributed by atoms with Crippen LogP contribution in [0.4, 0.5) is 8.78 Å². The lowest BCUT2D eigenvalue weighted by molar-refractivity contribution is -0.124. The van der Waals surface area contributed by atoms with E-state index in [4.69, 9.17) is 0 Å². The van der Waals surface area contributed by atoms with Gasteiger partial charge in [0.25, 0.3) is 5.91 Å². The molecule has 1 aromatic heterocycles. The number of aryl methyl sites for hydroxylation is 1. The maximum atomic E-state index is 14.0. The first-order valence-electron chi connectivity index (χ1n) is 14.2. The summed E-state index contributed by atoms with van der Waals surface area (Å²) in [6.45, 7) is 4.28. The van der Waals surface area contributed by atoms with Crippen molar-refractivity contribution >= 4 is 21.7 Å². The smallest absolute Gasteiger partial charge is 0.287 e. The number of imidazole rings is 1. The molecule has 0 aliphatic heterocycles. The van der Waals surface area contributed by atoms with E-state index >= 15 is 0 Å². The number of aromatic nitrogens is 2. The number of unbranched alkanes of at least 4 members (excludes halogenated alkanes) is 1. The number of hydrogen-bond acceptors (Lipinski definition) is 7. The van der Waals surface area contributed by atoms with Gasteiger partial charge in [0.15, 0.2) is 15.7 Å². The van der Waals surface area contributed by atoms with E-state index in [9.17, 15) is 31.9 Å². The number of hydrogen-bond donors (Lipinski definition) is 5. The van der Waals surface area contributed by atoms with E-state index in [1.54, 1.807) is 0 Å². The number of H-pyrrole nitrogens is 1. The first-order chi connectivity index (χ1) is 20.5. The number of aromatic amines is 1. The summed E-state index contributed by atoms with van der Waals surface area (Å²) in [6.07, 6.45) is 3.17. The molecule has 43 heavy (non-hydrogen) atoms. The third-order valence-electron chi connectivity index (χ3n) is 6.82. The van der Waals surface area contributed by atoms with Crippen LogP contribution in [0.2, 0.25) is 0 Å². The zero-order valence-corrected chi connectivity index (χ0v) is 25.1. The molecule has 0 spiro atoms. The van der Waals surface area contributed by atoms with Crippen LogP contribution in [0, 0.1) is 11.6 Å². The zero-order valence-electron chi connectivity index (χ0n) is 24.3. The van der Waals surface area contributed by atoms with Gasteiger partial charge >= 0.3 is 0 Å². The van der Waals surface area contributed by atoms with E-state index in [2.05, 4.69) is 25.9 Å². The number of sulfone groups is 1. The largest absolute Gasteiger partial charge is 0.390 e. The number of nitrogens with one attached hydrogen (secondary N) is 4. The summed E-state index contributed by atoms with van der Waals surface area (Å²) < 4.78 is 53.5. The number of benzene rings is 2. The number of rotatable bonds is 17. The molecule has 0 fully saturated rings. The van der Waals surface area contributed by atoms with Gasteiger partial charge in [-0.3, -0.25) is 9.59 Å². The fraction of sp³-hybridized carbons (Fsp3) is 0.433. The highest BCUT2D eigenvalue weighted by Crippen LogP contribution is 2.13. The lowest BCUT2D eigenvalue weighted by Crippen LogP contribution is -2.56. The Bertz CT molecular complexity index is 1430. The molecule has 10 nitrogen and oxygen atoms in total. The lowest BCUT2D eigenvalue weighted by Gasteiger charge is -2.27. The highest BCUT2D eigenvalue weighted by molar-refractivity contribution is 7.91. The highest BCUT2D eigenvalue weighted by Gasteiger charge is 2.31. The van der Waals surface area contributed by atoms with Crippen molar-refractivity contribution in [1.29, 1.82) is 0 Å². The van der Waals surface area contributed by atoms with Crippen molar-refractivity contribution in [1.82, 2.24) is 25.9 Å². The van der Waals surface area contributed by atoms with Gasteiger partial charge in [-0.15, -0.1) is 0 Å². The quantitative estimate of drug-likeness (QED) is 0.156. The minimum Gasteiger partial charge on any atom is -0.390 e. The molecule has 13 heteroatoms. The van der Waals surface area contributed by atoms with Crippen molar-refractivity contribution in [2.24, 2.45) is 0 Å². The molecule has 234 valence electrons. The van der Waals surface area contributed by atoms with E-state index in [1.165, 1.54) is 12.4 Å². The summed E-state index contributed by atoms with van der Waals surface area (Å²) in [7, 11) is -3.76. The molecule has 0 saturated carbocycles. The average molecular weight is 620 g/mol. The SMILES string of the molecule is CCCCS(=O)(=O)C[C@@H](NC(=O)c1ncc[nH]1)C(=O)N[C@@H](Cc1cc(F)cc(F)c1)[C@H](O)CNCc1cccc(CC)c1. The molecule has 2 aromatic carbocycles. The van der Waals surface area contributed by atoms with Crippen LogP contribution in [0.15, 0.2) is 54.9 Å². The Morgan fingerprint density at radius 2 is 1.74 bits per heavy atom. The number of carbonyl (C=O) groups excluding carboxylic acids is 2. The van der Waals surface area contributed by atoms with Gasteiger partial charge in [-0.05, 0) is 48.1 Å². The van der Waals surface area contributed by atoms with E-state index in [0.29, 0.717) is 25.5 Å². The van der Waals surface area contributed by atoms with Crippen molar-refractivity contribution in [3.8, 4) is 0 Å². The van der Waals surface area contributed by atoms with Crippen LogP contribution < -0.4 is 16.0 Å². The van der Waals surface area contributed by atoms with Gasteiger partial charge in [0.05, 0.1) is 23.7 Å². The van der Waals surface area contributed by atoms with E-state index in [0.717, 1.165) is 29.7 Å². The summed E-state index contributed by atoms with van der Waals surface area (Å²) in [5.41, 5.74) is 2.30. The number of carbonyl (C=O) groups is 2. The monoisotopic (exact) mass is 619 g/mol. The normalized spacial score (nSPS) is 13.7. The predicted octanol–water partition coefficient (Wildman–Crippen LogP) is 2.44. The fourth-order valence-electron chi connectivity index (χ4n) is 4.52. The van der Waals surface area contributed by atoms with Crippen molar-refractivity contribution < 1.29 is 31.9 Å². The maximum Gasteiger partial charge on any atom is 0.287 e. The molecule has 5 N–H and O–H groups in total. The molecule has 3 aromatic rings. The Labute approximate surface area is 250 Å². The Morgan fingerprint density at radius 1 is 1.02 bits per heavy atom. The molecule has 0 aliphatic rings.